The van der Waals surface area contributed by atoms with Crippen LogP contribution in [0.4, 0.5) is 0 Å². The minimum Gasteiger partial charge on any atom is -0.305 e. The van der Waals surface area contributed by atoms with Crippen molar-refractivity contribution in [1.82, 2.24) is 9.97 Å². The number of hydrogen-bond donors (Lipinski definition) is 0. The molecule has 0 unspecified atom stereocenters. The number of rotatable bonds is 4. The maximum Gasteiger partial charge on any atom is 0.0795 e. The molecule has 4 aromatic carbocycles. The summed E-state index contributed by atoms with van der Waals surface area (Å²) in [6.07, 6.45) is 0.697. The summed E-state index contributed by atoms with van der Waals surface area (Å²) in [5.74, 6) is 0. The van der Waals surface area contributed by atoms with Gasteiger partial charge < -0.3 is 9.97 Å². The molecule has 46 heavy (non-hydrogen) atoms. The third kappa shape index (κ3) is 6.70. The quantitative estimate of drug-likeness (QED) is 0.131. The number of hydrogen-bond acceptors (Lipinski definition) is 3. The topological polar surface area (TPSA) is 25.8 Å². The Hall–Kier alpha value is -3.73. The number of fused-ring (bicyclic) bond motifs is 4. The van der Waals surface area contributed by atoms with Gasteiger partial charge in [-0.2, -0.15) is 11.3 Å². The van der Waals surface area contributed by atoms with Crippen LogP contribution >= 0.6 is 11.3 Å². The zero-order valence-electron chi connectivity index (χ0n) is 30.0. The first-order chi connectivity index (χ1) is 23.4. The molecule has 8 rings (SSSR count). The molecule has 1 radical (unpaired) electrons. The molecule has 1 aliphatic carbocycles. The molecule has 0 bridgehead atoms. The summed E-state index contributed by atoms with van der Waals surface area (Å²) in [5, 5.41) is 3.63. The van der Waals surface area contributed by atoms with Crippen molar-refractivity contribution in [3.63, 3.8) is 0 Å². The minimum atomic E-state index is -1.64. The van der Waals surface area contributed by atoms with Crippen LogP contribution in [0.15, 0.2) is 116 Å². The molecule has 0 aliphatic heterocycles. The summed E-state index contributed by atoms with van der Waals surface area (Å²) in [6, 6.07) is 41.1. The summed E-state index contributed by atoms with van der Waals surface area (Å²) in [6.45, 7) is 7.00. The van der Waals surface area contributed by atoms with Crippen LogP contribution in [0.5, 0.6) is 0 Å². The maximum atomic E-state index is 8.66. The van der Waals surface area contributed by atoms with Gasteiger partial charge in [0.05, 0.1) is 8.07 Å². The Morgan fingerprint density at radius 1 is 0.761 bits per heavy atom. The molecule has 0 amide bonds. The zero-order chi connectivity index (χ0) is 34.4. The molecule has 0 saturated heterocycles. The molecule has 3 heterocycles. The number of benzene rings is 4. The molecule has 231 valence electrons. The van der Waals surface area contributed by atoms with E-state index >= 15 is 0 Å². The van der Waals surface area contributed by atoms with E-state index in [1.54, 1.807) is 23.6 Å². The van der Waals surface area contributed by atoms with Crippen molar-refractivity contribution in [1.29, 1.82) is 0 Å². The molecule has 2 nitrogen and oxygen atoms in total. The predicted octanol–water partition coefficient (Wildman–Crippen LogP) is 10.6. The second-order valence-corrected chi connectivity index (χ2v) is 18.3. The van der Waals surface area contributed by atoms with Crippen molar-refractivity contribution in [2.24, 2.45) is 0 Å². The van der Waals surface area contributed by atoms with Gasteiger partial charge in [-0.05, 0) is 75.5 Å². The molecule has 0 atom stereocenters. The van der Waals surface area contributed by atoms with Gasteiger partial charge in [0, 0.05) is 42.7 Å². The first-order valence-electron chi connectivity index (χ1n) is 17.3. The number of aryl methyl sites for hydroxylation is 1. The second kappa shape index (κ2) is 13.9. The Morgan fingerprint density at radius 2 is 1.59 bits per heavy atom. The number of pyridine rings is 2. The largest absolute Gasteiger partial charge is 0.305 e. The van der Waals surface area contributed by atoms with Crippen molar-refractivity contribution >= 4 is 44.8 Å². The van der Waals surface area contributed by atoms with E-state index in [0.717, 1.165) is 48.1 Å². The number of thiophene rings is 1. The summed E-state index contributed by atoms with van der Waals surface area (Å²) in [4.78, 5) is 9.10. The van der Waals surface area contributed by atoms with Gasteiger partial charge in [0.25, 0.3) is 0 Å². The van der Waals surface area contributed by atoms with Gasteiger partial charge >= 0.3 is 0 Å². The molecule has 0 spiro atoms. The fraction of sp³-hybridized carbons (Fsp3) is 0.171. The van der Waals surface area contributed by atoms with E-state index in [4.69, 9.17) is 5.48 Å². The van der Waals surface area contributed by atoms with Gasteiger partial charge in [-0.15, -0.1) is 59.7 Å². The van der Waals surface area contributed by atoms with E-state index in [1.807, 2.05) is 60.8 Å². The minimum absolute atomic E-state index is 0. The number of aromatic nitrogens is 2. The van der Waals surface area contributed by atoms with Crippen molar-refractivity contribution in [2.45, 2.75) is 45.2 Å². The third-order valence-electron chi connectivity index (χ3n) is 8.08. The Balaban J connectivity index is 0.000000215. The molecule has 0 saturated carbocycles. The summed E-state index contributed by atoms with van der Waals surface area (Å²) >= 11 is 1.66. The van der Waals surface area contributed by atoms with Crippen molar-refractivity contribution in [2.75, 3.05) is 0 Å². The Kier molecular flexibility index (Phi) is 8.30. The molecule has 0 N–H and O–H groups in total. The van der Waals surface area contributed by atoms with Crippen LogP contribution < -0.4 is 5.19 Å². The SMILES string of the molecule is C[Si](C)(C)c1ccc(-c2[c-]cccc2)nc1.[2H]C1([2H])CCC([2H])([2H])c2c1ccnc2-c1[c-]ccc2c1sc1cc(-c3ccccc3)ccc12.[Ir]. The first kappa shape index (κ1) is 27.4. The van der Waals surface area contributed by atoms with E-state index in [1.165, 1.54) is 5.19 Å². The molecular weight excluding hydrogens is 773 g/mol. The van der Waals surface area contributed by atoms with E-state index in [2.05, 4.69) is 84.2 Å². The molecule has 7 aromatic rings. The monoisotopic (exact) mass is 813 g/mol. The van der Waals surface area contributed by atoms with Crippen LogP contribution in [0.25, 0.3) is 53.8 Å². The normalized spacial score (nSPS) is 16.1. The van der Waals surface area contributed by atoms with Crippen LogP contribution in [0.3, 0.4) is 0 Å². The van der Waals surface area contributed by atoms with Crippen LogP contribution in [-0.4, -0.2) is 18.0 Å². The standard InChI is InChI=1S/C27H20NS.C14H16NSi.Ir/c1-2-7-18(8-3-1)20-13-14-22-23-11-6-12-24(27(23)29-25(22)17-20)26-21-10-5-4-9-19(21)15-16-28-26;1-16(2,3)13-9-10-14(15-11-13)12-7-5-4-6-8-12;/h1-3,6-8,11,13-17H,4-5,9-10H2;4-7,9-11H,1-3H3;/q2*-1;/i9D2,10D2;;. The third-order valence-corrected chi connectivity index (χ3v) is 11.3. The van der Waals surface area contributed by atoms with Gasteiger partial charge in [0.2, 0.25) is 0 Å². The molecule has 0 fully saturated rings. The average Bonchev–Trinajstić information content (AvgIpc) is 3.49. The predicted molar refractivity (Wildman–Crippen MR) is 195 cm³/mol. The molecule has 5 heteroatoms. The summed E-state index contributed by atoms with van der Waals surface area (Å²) in [7, 11) is -1.23. The van der Waals surface area contributed by atoms with Crippen LogP contribution in [-0.2, 0) is 32.9 Å². The van der Waals surface area contributed by atoms with E-state index in [-0.39, 0.29) is 32.9 Å². The second-order valence-electron chi connectivity index (χ2n) is 12.2. The smallest absolute Gasteiger partial charge is 0.0795 e. The average molecular weight is 813 g/mol. The van der Waals surface area contributed by atoms with Gasteiger partial charge in [0.1, 0.15) is 0 Å². The molecular formula is C41H36IrN2SSi-2. The zero-order valence-corrected chi connectivity index (χ0v) is 30.2. The van der Waals surface area contributed by atoms with Crippen molar-refractivity contribution in [3.05, 3.63) is 139 Å². The van der Waals surface area contributed by atoms with Crippen molar-refractivity contribution in [3.8, 4) is 33.6 Å². The van der Waals surface area contributed by atoms with E-state index < -0.39 is 20.8 Å². The van der Waals surface area contributed by atoms with Gasteiger partial charge in [-0.3, -0.25) is 0 Å². The Labute approximate surface area is 296 Å². The van der Waals surface area contributed by atoms with Crippen LogP contribution in [0, 0.1) is 12.1 Å². The van der Waals surface area contributed by atoms with Gasteiger partial charge in [-0.25, -0.2) is 0 Å². The fourth-order valence-electron chi connectivity index (χ4n) is 5.64. The Morgan fingerprint density at radius 3 is 2.35 bits per heavy atom. The summed E-state index contributed by atoms with van der Waals surface area (Å²) < 4.78 is 36.4. The van der Waals surface area contributed by atoms with Crippen molar-refractivity contribution < 1.29 is 25.6 Å². The van der Waals surface area contributed by atoms with Gasteiger partial charge in [0.15, 0.2) is 0 Å². The number of nitrogens with zero attached hydrogens (tertiary/aromatic N) is 2. The molecule has 3 aromatic heterocycles. The summed E-state index contributed by atoms with van der Waals surface area (Å²) in [5.41, 5.74) is 6.40. The van der Waals surface area contributed by atoms with E-state index in [9.17, 15) is 0 Å². The molecule has 1 aliphatic rings. The van der Waals surface area contributed by atoms with Crippen LogP contribution in [0.2, 0.25) is 19.6 Å². The fourth-order valence-corrected chi connectivity index (χ4v) is 7.91. The van der Waals surface area contributed by atoms with Gasteiger partial charge in [-0.1, -0.05) is 90.8 Å². The van der Waals surface area contributed by atoms with E-state index in [0.29, 0.717) is 16.8 Å². The first-order valence-corrected chi connectivity index (χ1v) is 19.6. The maximum absolute atomic E-state index is 8.66. The Bertz CT molecular complexity index is 2270. The van der Waals surface area contributed by atoms with Crippen LogP contribution in [0.1, 0.15) is 29.5 Å².